The topological polar surface area (TPSA) is 32.7 Å². The molecule has 1 heterocycles. The van der Waals surface area contributed by atoms with E-state index in [1.54, 1.807) is 0 Å². The van der Waals surface area contributed by atoms with Gasteiger partial charge < -0.3 is 9.84 Å². The molecule has 2 fully saturated rings. The fourth-order valence-corrected chi connectivity index (χ4v) is 2.10. The zero-order chi connectivity index (χ0) is 9.10. The molecular weight excluding hydrogens is 166 g/mol. The summed E-state index contributed by atoms with van der Waals surface area (Å²) in [5.41, 5.74) is 0. The first-order valence-electron chi connectivity index (χ1n) is 5.33. The second-order valence-corrected chi connectivity index (χ2v) is 4.23. The van der Waals surface area contributed by atoms with Crippen molar-refractivity contribution in [1.29, 1.82) is 0 Å². The van der Waals surface area contributed by atoms with Gasteiger partial charge in [0.15, 0.2) is 0 Å². The molecule has 2 aliphatic rings. The van der Waals surface area contributed by atoms with Crippen molar-refractivity contribution in [3.05, 3.63) is 0 Å². The van der Waals surface area contributed by atoms with Crippen molar-refractivity contribution >= 4 is 0 Å². The fraction of sp³-hybridized carbons (Fsp3) is 1.00. The molecule has 2 rings (SSSR count). The highest BCUT2D eigenvalue weighted by Gasteiger charge is 2.24. The van der Waals surface area contributed by atoms with Crippen molar-refractivity contribution in [1.82, 2.24) is 4.90 Å². The molecule has 1 aliphatic heterocycles. The van der Waals surface area contributed by atoms with Crippen LogP contribution in [0.2, 0.25) is 0 Å². The minimum atomic E-state index is 0.0637. The van der Waals surface area contributed by atoms with Crippen molar-refractivity contribution in [2.24, 2.45) is 5.92 Å². The van der Waals surface area contributed by atoms with Crippen LogP contribution in [0.4, 0.5) is 0 Å². The van der Waals surface area contributed by atoms with Gasteiger partial charge in [0, 0.05) is 19.6 Å². The molecule has 0 aromatic carbocycles. The molecule has 1 atom stereocenters. The number of ether oxygens (including phenoxy) is 1. The molecule has 0 aromatic heterocycles. The lowest BCUT2D eigenvalue weighted by atomic mass is 9.85. The molecule has 0 aromatic rings. The zero-order valence-corrected chi connectivity index (χ0v) is 8.11. The molecule has 1 saturated heterocycles. The first-order valence-corrected chi connectivity index (χ1v) is 5.33. The van der Waals surface area contributed by atoms with E-state index in [2.05, 4.69) is 4.90 Å². The van der Waals surface area contributed by atoms with Gasteiger partial charge >= 0.3 is 0 Å². The molecular formula is C10H19NO2. The fourth-order valence-electron chi connectivity index (χ4n) is 2.10. The number of rotatable bonds is 3. The quantitative estimate of drug-likeness (QED) is 0.694. The molecule has 3 nitrogen and oxygen atoms in total. The molecule has 0 amide bonds. The third-order valence-corrected chi connectivity index (χ3v) is 3.17. The van der Waals surface area contributed by atoms with Crippen LogP contribution in [0.25, 0.3) is 0 Å². The molecule has 0 bridgehead atoms. The van der Waals surface area contributed by atoms with Gasteiger partial charge in [-0.15, -0.1) is 0 Å². The monoisotopic (exact) mass is 185 g/mol. The van der Waals surface area contributed by atoms with Crippen LogP contribution in [0, 0.1) is 5.92 Å². The van der Waals surface area contributed by atoms with Crippen LogP contribution in [-0.4, -0.2) is 49.0 Å². The van der Waals surface area contributed by atoms with Gasteiger partial charge in [0.2, 0.25) is 0 Å². The van der Waals surface area contributed by atoms with Gasteiger partial charge in [-0.3, -0.25) is 4.90 Å². The maximum Gasteiger partial charge on any atom is 0.0932 e. The highest BCUT2D eigenvalue weighted by Crippen LogP contribution is 2.27. The van der Waals surface area contributed by atoms with Crippen LogP contribution in [0.1, 0.15) is 19.3 Å². The largest absolute Gasteiger partial charge is 0.394 e. The van der Waals surface area contributed by atoms with E-state index in [-0.39, 0.29) is 12.7 Å². The van der Waals surface area contributed by atoms with E-state index in [1.807, 2.05) is 0 Å². The molecule has 0 radical (unpaired) electrons. The van der Waals surface area contributed by atoms with Crippen LogP contribution in [-0.2, 0) is 4.74 Å². The Morgan fingerprint density at radius 1 is 1.38 bits per heavy atom. The number of hydrogen-bond acceptors (Lipinski definition) is 3. The van der Waals surface area contributed by atoms with E-state index in [4.69, 9.17) is 9.84 Å². The zero-order valence-electron chi connectivity index (χ0n) is 8.11. The van der Waals surface area contributed by atoms with Crippen molar-refractivity contribution in [2.45, 2.75) is 25.4 Å². The molecule has 76 valence electrons. The minimum Gasteiger partial charge on any atom is -0.394 e. The summed E-state index contributed by atoms with van der Waals surface area (Å²) < 4.78 is 5.40. The molecule has 1 N–H and O–H groups in total. The van der Waals surface area contributed by atoms with Gasteiger partial charge in [-0.2, -0.15) is 0 Å². The second kappa shape index (κ2) is 4.40. The lowest BCUT2D eigenvalue weighted by Crippen LogP contribution is -2.46. The molecule has 1 saturated carbocycles. The Labute approximate surface area is 79.7 Å². The third-order valence-electron chi connectivity index (χ3n) is 3.17. The van der Waals surface area contributed by atoms with Gasteiger partial charge in [-0.1, -0.05) is 6.42 Å². The van der Waals surface area contributed by atoms with E-state index < -0.39 is 0 Å². The Morgan fingerprint density at radius 3 is 2.85 bits per heavy atom. The maximum absolute atomic E-state index is 8.96. The number of aliphatic hydroxyl groups is 1. The SMILES string of the molecule is OCC1CN(CC2CCC2)CCO1. The lowest BCUT2D eigenvalue weighted by molar-refractivity contribution is -0.0587. The lowest BCUT2D eigenvalue weighted by Gasteiger charge is -2.37. The van der Waals surface area contributed by atoms with E-state index in [1.165, 1.54) is 25.8 Å². The standard InChI is InChI=1S/C10H19NO2/c12-8-10-7-11(4-5-13-10)6-9-2-1-3-9/h9-10,12H,1-8H2. The van der Waals surface area contributed by atoms with E-state index in [0.717, 1.165) is 25.6 Å². The summed E-state index contributed by atoms with van der Waals surface area (Å²) in [4.78, 5) is 2.44. The number of morpholine rings is 1. The average molecular weight is 185 g/mol. The van der Waals surface area contributed by atoms with Crippen LogP contribution in [0.3, 0.4) is 0 Å². The van der Waals surface area contributed by atoms with E-state index in [0.29, 0.717) is 0 Å². The van der Waals surface area contributed by atoms with Crippen molar-refractivity contribution in [3.63, 3.8) is 0 Å². The predicted octanol–water partition coefficient (Wildman–Crippen LogP) is 0.480. The van der Waals surface area contributed by atoms with Crippen LogP contribution >= 0.6 is 0 Å². The maximum atomic E-state index is 8.96. The Hall–Kier alpha value is -0.120. The molecule has 13 heavy (non-hydrogen) atoms. The Balaban J connectivity index is 1.71. The number of aliphatic hydroxyl groups excluding tert-OH is 1. The van der Waals surface area contributed by atoms with Gasteiger partial charge in [0.1, 0.15) is 0 Å². The van der Waals surface area contributed by atoms with E-state index >= 15 is 0 Å². The number of hydrogen-bond donors (Lipinski definition) is 1. The van der Waals surface area contributed by atoms with Crippen LogP contribution in [0.15, 0.2) is 0 Å². The minimum absolute atomic E-state index is 0.0637. The summed E-state index contributed by atoms with van der Waals surface area (Å²) in [6.45, 7) is 4.15. The molecule has 1 aliphatic carbocycles. The summed E-state index contributed by atoms with van der Waals surface area (Å²) >= 11 is 0. The Bertz CT molecular complexity index is 157. The Kier molecular flexibility index (Phi) is 3.19. The summed E-state index contributed by atoms with van der Waals surface area (Å²) in [5.74, 6) is 0.928. The normalized spacial score (nSPS) is 31.6. The first-order chi connectivity index (χ1) is 6.38. The van der Waals surface area contributed by atoms with E-state index in [9.17, 15) is 0 Å². The van der Waals surface area contributed by atoms with Crippen molar-refractivity contribution < 1.29 is 9.84 Å². The van der Waals surface area contributed by atoms with Gasteiger partial charge in [0.25, 0.3) is 0 Å². The average Bonchev–Trinajstić information content (AvgIpc) is 2.12. The Morgan fingerprint density at radius 2 is 2.23 bits per heavy atom. The van der Waals surface area contributed by atoms with Crippen LogP contribution in [0.5, 0.6) is 0 Å². The smallest absolute Gasteiger partial charge is 0.0932 e. The summed E-state index contributed by atoms with van der Waals surface area (Å²) in [7, 11) is 0. The second-order valence-electron chi connectivity index (χ2n) is 4.23. The predicted molar refractivity (Wildman–Crippen MR) is 50.6 cm³/mol. The van der Waals surface area contributed by atoms with Crippen molar-refractivity contribution in [2.75, 3.05) is 32.8 Å². The highest BCUT2D eigenvalue weighted by atomic mass is 16.5. The molecule has 3 heteroatoms. The highest BCUT2D eigenvalue weighted by molar-refractivity contribution is 4.77. The summed E-state index contributed by atoms with van der Waals surface area (Å²) in [6.07, 6.45) is 4.29. The molecule has 0 spiro atoms. The molecule has 1 unspecified atom stereocenters. The van der Waals surface area contributed by atoms with Gasteiger partial charge in [0.05, 0.1) is 19.3 Å². The summed E-state index contributed by atoms with van der Waals surface area (Å²) in [6, 6.07) is 0. The van der Waals surface area contributed by atoms with Crippen LogP contribution < -0.4 is 0 Å². The van der Waals surface area contributed by atoms with Crippen molar-refractivity contribution in [3.8, 4) is 0 Å². The third kappa shape index (κ3) is 2.42. The summed E-state index contributed by atoms with van der Waals surface area (Å²) in [5, 5.41) is 8.96. The first kappa shape index (κ1) is 9.44. The van der Waals surface area contributed by atoms with Gasteiger partial charge in [-0.25, -0.2) is 0 Å². The van der Waals surface area contributed by atoms with Gasteiger partial charge in [-0.05, 0) is 18.8 Å². The number of nitrogens with zero attached hydrogens (tertiary/aromatic N) is 1.